The number of fused-ring (bicyclic) bond motifs is 1. The molecule has 150 valence electrons. The standard InChI is InChI=1S/C21H23N5O3/c1-14(27)25-7-9-26(10-8-25)21(28)17-12-19(15-5-4-6-16(11-15)29-3)23-20-18(17)13-22-24(20)2/h4-6,11-13H,7-10H2,1-3H3. The summed E-state index contributed by atoms with van der Waals surface area (Å²) in [5.41, 5.74) is 2.77. The number of pyridine rings is 1. The minimum atomic E-state index is -0.0715. The van der Waals surface area contributed by atoms with Crippen LogP contribution in [0.4, 0.5) is 0 Å². The van der Waals surface area contributed by atoms with Gasteiger partial charge in [0.2, 0.25) is 5.91 Å². The molecular formula is C21H23N5O3. The lowest BCUT2D eigenvalue weighted by Crippen LogP contribution is -2.50. The number of aryl methyl sites for hydroxylation is 1. The van der Waals surface area contributed by atoms with Crippen LogP contribution in [0.2, 0.25) is 0 Å². The first kappa shape index (κ1) is 18.9. The number of amides is 2. The molecule has 1 aliphatic rings. The molecule has 0 bridgehead atoms. The molecule has 8 heteroatoms. The zero-order chi connectivity index (χ0) is 20.5. The molecule has 1 aromatic carbocycles. The number of carbonyl (C=O) groups is 2. The van der Waals surface area contributed by atoms with Crippen molar-refractivity contribution in [2.45, 2.75) is 6.92 Å². The van der Waals surface area contributed by atoms with Crippen LogP contribution in [0.15, 0.2) is 36.5 Å². The van der Waals surface area contributed by atoms with Gasteiger partial charge in [-0.2, -0.15) is 5.10 Å². The van der Waals surface area contributed by atoms with Crippen LogP contribution in [-0.2, 0) is 11.8 Å². The van der Waals surface area contributed by atoms with Crippen molar-refractivity contribution >= 4 is 22.8 Å². The summed E-state index contributed by atoms with van der Waals surface area (Å²) in [4.78, 5) is 33.2. The zero-order valence-electron chi connectivity index (χ0n) is 16.8. The number of carbonyl (C=O) groups excluding carboxylic acids is 2. The summed E-state index contributed by atoms with van der Waals surface area (Å²) in [5.74, 6) is 0.691. The fraction of sp³-hybridized carbons (Fsp3) is 0.333. The highest BCUT2D eigenvalue weighted by Crippen LogP contribution is 2.28. The van der Waals surface area contributed by atoms with Gasteiger partial charge in [-0.1, -0.05) is 12.1 Å². The molecule has 4 rings (SSSR count). The van der Waals surface area contributed by atoms with E-state index >= 15 is 0 Å². The average molecular weight is 393 g/mol. The second-order valence-corrected chi connectivity index (χ2v) is 7.09. The van der Waals surface area contributed by atoms with E-state index < -0.39 is 0 Å². The molecule has 1 saturated heterocycles. The number of aromatic nitrogens is 3. The normalized spacial score (nSPS) is 14.3. The molecular weight excluding hydrogens is 370 g/mol. The third-order valence-electron chi connectivity index (χ3n) is 5.31. The van der Waals surface area contributed by atoms with Gasteiger partial charge in [0.1, 0.15) is 5.75 Å². The Bertz CT molecular complexity index is 1080. The van der Waals surface area contributed by atoms with Gasteiger partial charge in [0.05, 0.1) is 30.0 Å². The van der Waals surface area contributed by atoms with E-state index in [9.17, 15) is 9.59 Å². The number of hydrogen-bond donors (Lipinski definition) is 0. The van der Waals surface area contributed by atoms with Crippen LogP contribution in [0, 0.1) is 0 Å². The van der Waals surface area contributed by atoms with Crippen LogP contribution in [-0.4, -0.2) is 69.7 Å². The maximum absolute atomic E-state index is 13.3. The van der Waals surface area contributed by atoms with E-state index in [1.54, 1.807) is 34.7 Å². The summed E-state index contributed by atoms with van der Waals surface area (Å²) in [5, 5.41) is 5.01. The lowest BCUT2D eigenvalue weighted by atomic mass is 10.1. The average Bonchev–Trinajstić information content (AvgIpc) is 3.13. The van der Waals surface area contributed by atoms with Crippen molar-refractivity contribution in [1.29, 1.82) is 0 Å². The molecule has 0 N–H and O–H groups in total. The summed E-state index contributed by atoms with van der Waals surface area (Å²) in [6.07, 6.45) is 1.68. The van der Waals surface area contributed by atoms with Gasteiger partial charge in [-0.25, -0.2) is 4.98 Å². The summed E-state index contributed by atoms with van der Waals surface area (Å²) in [7, 11) is 3.43. The van der Waals surface area contributed by atoms with Crippen molar-refractivity contribution in [3.63, 3.8) is 0 Å². The van der Waals surface area contributed by atoms with Crippen molar-refractivity contribution in [2.24, 2.45) is 7.05 Å². The van der Waals surface area contributed by atoms with Crippen LogP contribution in [0.5, 0.6) is 5.75 Å². The van der Waals surface area contributed by atoms with Gasteiger partial charge in [0.25, 0.3) is 5.91 Å². The summed E-state index contributed by atoms with van der Waals surface area (Å²) in [6, 6.07) is 9.41. The second kappa shape index (κ2) is 7.54. The second-order valence-electron chi connectivity index (χ2n) is 7.09. The van der Waals surface area contributed by atoms with Gasteiger partial charge in [0, 0.05) is 45.7 Å². The fourth-order valence-corrected chi connectivity index (χ4v) is 3.62. The molecule has 0 saturated carbocycles. The Hall–Kier alpha value is -3.42. The Balaban J connectivity index is 1.73. The van der Waals surface area contributed by atoms with E-state index in [0.717, 1.165) is 16.7 Å². The van der Waals surface area contributed by atoms with Crippen molar-refractivity contribution in [1.82, 2.24) is 24.6 Å². The zero-order valence-corrected chi connectivity index (χ0v) is 16.8. The lowest BCUT2D eigenvalue weighted by molar-refractivity contribution is -0.130. The topological polar surface area (TPSA) is 80.6 Å². The van der Waals surface area contributed by atoms with Crippen LogP contribution in [0.25, 0.3) is 22.3 Å². The first-order valence-corrected chi connectivity index (χ1v) is 9.50. The third kappa shape index (κ3) is 3.53. The highest BCUT2D eigenvalue weighted by molar-refractivity contribution is 6.06. The molecule has 0 aliphatic carbocycles. The Kier molecular flexibility index (Phi) is 4.92. The number of benzene rings is 1. The van der Waals surface area contributed by atoms with E-state index in [1.807, 2.05) is 37.4 Å². The number of hydrogen-bond acceptors (Lipinski definition) is 5. The van der Waals surface area contributed by atoms with Gasteiger partial charge in [-0.05, 0) is 18.2 Å². The Morgan fingerprint density at radius 3 is 2.48 bits per heavy atom. The monoisotopic (exact) mass is 393 g/mol. The predicted octanol–water partition coefficient (Wildman–Crippen LogP) is 1.95. The molecule has 29 heavy (non-hydrogen) atoms. The van der Waals surface area contributed by atoms with Gasteiger partial charge in [0.15, 0.2) is 5.65 Å². The molecule has 3 aromatic rings. The van der Waals surface area contributed by atoms with Crippen LogP contribution in [0.1, 0.15) is 17.3 Å². The minimum Gasteiger partial charge on any atom is -0.497 e. The van der Waals surface area contributed by atoms with Crippen molar-refractivity contribution in [3.05, 3.63) is 42.1 Å². The minimum absolute atomic E-state index is 0.0379. The van der Waals surface area contributed by atoms with E-state index in [-0.39, 0.29) is 11.8 Å². The van der Waals surface area contributed by atoms with Crippen LogP contribution < -0.4 is 4.74 Å². The maximum Gasteiger partial charge on any atom is 0.254 e. The number of ether oxygens (including phenoxy) is 1. The largest absolute Gasteiger partial charge is 0.497 e. The quantitative estimate of drug-likeness (QED) is 0.679. The molecule has 1 aliphatic heterocycles. The van der Waals surface area contributed by atoms with E-state index in [1.165, 1.54) is 0 Å². The van der Waals surface area contributed by atoms with Crippen molar-refractivity contribution < 1.29 is 14.3 Å². The smallest absolute Gasteiger partial charge is 0.254 e. The van der Waals surface area contributed by atoms with E-state index in [0.29, 0.717) is 43.1 Å². The molecule has 0 radical (unpaired) electrons. The fourth-order valence-electron chi connectivity index (χ4n) is 3.62. The van der Waals surface area contributed by atoms with Crippen molar-refractivity contribution in [2.75, 3.05) is 33.3 Å². The Labute approximate surface area is 168 Å². The first-order valence-electron chi connectivity index (χ1n) is 9.50. The highest BCUT2D eigenvalue weighted by Gasteiger charge is 2.26. The van der Waals surface area contributed by atoms with E-state index in [4.69, 9.17) is 9.72 Å². The summed E-state index contributed by atoms with van der Waals surface area (Å²) < 4.78 is 6.99. The highest BCUT2D eigenvalue weighted by atomic mass is 16.5. The van der Waals surface area contributed by atoms with Gasteiger partial charge in [-0.15, -0.1) is 0 Å². The maximum atomic E-state index is 13.3. The van der Waals surface area contributed by atoms with E-state index in [2.05, 4.69) is 5.10 Å². The molecule has 1 fully saturated rings. The van der Waals surface area contributed by atoms with Gasteiger partial charge >= 0.3 is 0 Å². The Morgan fingerprint density at radius 2 is 1.79 bits per heavy atom. The molecule has 2 amide bonds. The molecule has 2 aromatic heterocycles. The van der Waals surface area contributed by atoms with Crippen LogP contribution in [0.3, 0.4) is 0 Å². The summed E-state index contributed by atoms with van der Waals surface area (Å²) >= 11 is 0. The number of rotatable bonds is 3. The molecule has 0 atom stereocenters. The third-order valence-corrected chi connectivity index (χ3v) is 5.31. The first-order chi connectivity index (χ1) is 14.0. The van der Waals surface area contributed by atoms with Gasteiger partial charge < -0.3 is 14.5 Å². The molecule has 8 nitrogen and oxygen atoms in total. The SMILES string of the molecule is COc1cccc(-c2cc(C(=O)N3CCN(C(C)=O)CC3)c3cnn(C)c3n2)c1. The lowest BCUT2D eigenvalue weighted by Gasteiger charge is -2.34. The Morgan fingerprint density at radius 1 is 1.07 bits per heavy atom. The number of methoxy groups -OCH3 is 1. The molecule has 0 unspecified atom stereocenters. The predicted molar refractivity (Wildman–Crippen MR) is 109 cm³/mol. The summed E-state index contributed by atoms with van der Waals surface area (Å²) in [6.45, 7) is 3.67. The molecule has 0 spiro atoms. The molecule has 3 heterocycles. The number of nitrogens with zero attached hydrogens (tertiary/aromatic N) is 5. The van der Waals surface area contributed by atoms with Gasteiger partial charge in [-0.3, -0.25) is 14.3 Å². The van der Waals surface area contributed by atoms with Crippen LogP contribution >= 0.6 is 0 Å². The number of piperazine rings is 1. The van der Waals surface area contributed by atoms with Crippen molar-refractivity contribution in [3.8, 4) is 17.0 Å².